The molecule has 0 fully saturated rings. The van der Waals surface area contributed by atoms with Gasteiger partial charge in [-0.2, -0.15) is 0 Å². The largest absolute Gasteiger partial charge is 0.461 e. The lowest BCUT2D eigenvalue weighted by Crippen LogP contribution is -2.10. The molecule has 0 aromatic heterocycles. The fourth-order valence-electron chi connectivity index (χ4n) is 0.934. The molecule has 1 rings (SSSR count). The molecule has 1 aromatic rings. The van der Waals surface area contributed by atoms with Gasteiger partial charge in [0.05, 0.1) is 6.42 Å². The Hall–Kier alpha value is -1.06. The van der Waals surface area contributed by atoms with E-state index in [-0.39, 0.29) is 19.0 Å². The van der Waals surface area contributed by atoms with E-state index in [4.69, 9.17) is 22.1 Å². The molecule has 76 valence electrons. The van der Waals surface area contributed by atoms with E-state index in [1.807, 2.05) is 12.1 Å². The maximum absolute atomic E-state index is 11.0. The zero-order valence-electron chi connectivity index (χ0n) is 7.70. The molecule has 0 saturated heterocycles. The summed E-state index contributed by atoms with van der Waals surface area (Å²) in [5.41, 5.74) is 6.12. The highest BCUT2D eigenvalue weighted by Crippen LogP contribution is 2.10. The van der Waals surface area contributed by atoms with Crippen molar-refractivity contribution >= 4 is 17.6 Å². The van der Waals surface area contributed by atoms with Crippen LogP contribution in [0.2, 0.25) is 5.02 Å². The maximum atomic E-state index is 11.0. The summed E-state index contributed by atoms with van der Waals surface area (Å²) < 4.78 is 4.95. The fourth-order valence-corrected chi connectivity index (χ4v) is 1.06. The summed E-state index contributed by atoms with van der Waals surface area (Å²) in [5.74, 6) is -0.276. The molecule has 1 aromatic carbocycles. The normalized spacial score (nSPS) is 9.86. The summed E-state index contributed by atoms with van der Waals surface area (Å²) in [5, 5.41) is 0.669. The van der Waals surface area contributed by atoms with Crippen LogP contribution >= 0.6 is 11.6 Å². The van der Waals surface area contributed by atoms with E-state index in [2.05, 4.69) is 0 Å². The van der Waals surface area contributed by atoms with Crippen LogP contribution in [0.1, 0.15) is 12.0 Å². The molecular formula is C10H12ClNO2. The van der Waals surface area contributed by atoms with Crippen LogP contribution in [0.5, 0.6) is 0 Å². The number of esters is 1. The van der Waals surface area contributed by atoms with Gasteiger partial charge in [0, 0.05) is 11.6 Å². The first-order valence-corrected chi connectivity index (χ1v) is 4.70. The third-order valence-corrected chi connectivity index (χ3v) is 1.91. The summed E-state index contributed by atoms with van der Waals surface area (Å²) in [4.78, 5) is 11.0. The van der Waals surface area contributed by atoms with Crippen LogP contribution in [0, 0.1) is 0 Å². The predicted molar refractivity (Wildman–Crippen MR) is 54.9 cm³/mol. The Morgan fingerprint density at radius 2 is 2.00 bits per heavy atom. The third kappa shape index (κ3) is 3.77. The molecule has 0 aliphatic heterocycles. The number of ether oxygens (including phenoxy) is 1. The van der Waals surface area contributed by atoms with Crippen LogP contribution < -0.4 is 5.73 Å². The molecule has 0 atom stereocenters. The van der Waals surface area contributed by atoms with Crippen molar-refractivity contribution in [3.05, 3.63) is 34.9 Å². The second-order valence-electron chi connectivity index (χ2n) is 2.83. The molecule has 0 spiro atoms. The summed E-state index contributed by atoms with van der Waals surface area (Å²) >= 11 is 5.70. The molecule has 0 aliphatic carbocycles. The number of hydrogen-bond acceptors (Lipinski definition) is 3. The monoisotopic (exact) mass is 213 g/mol. The molecule has 14 heavy (non-hydrogen) atoms. The van der Waals surface area contributed by atoms with Gasteiger partial charge in [-0.3, -0.25) is 4.79 Å². The van der Waals surface area contributed by atoms with Crippen LogP contribution in [0.25, 0.3) is 0 Å². The van der Waals surface area contributed by atoms with Crippen LogP contribution in [-0.2, 0) is 16.1 Å². The minimum atomic E-state index is -0.276. The second-order valence-corrected chi connectivity index (χ2v) is 3.26. The third-order valence-electron chi connectivity index (χ3n) is 1.66. The lowest BCUT2D eigenvalue weighted by atomic mass is 10.2. The van der Waals surface area contributed by atoms with Gasteiger partial charge in [0.25, 0.3) is 0 Å². The summed E-state index contributed by atoms with van der Waals surface area (Å²) in [7, 11) is 0. The minimum Gasteiger partial charge on any atom is -0.461 e. The quantitative estimate of drug-likeness (QED) is 0.775. The van der Waals surface area contributed by atoms with Crippen molar-refractivity contribution in [3.63, 3.8) is 0 Å². The van der Waals surface area contributed by atoms with E-state index >= 15 is 0 Å². The van der Waals surface area contributed by atoms with Crippen molar-refractivity contribution < 1.29 is 9.53 Å². The molecule has 0 radical (unpaired) electrons. The number of nitrogens with two attached hydrogens (primary N) is 1. The van der Waals surface area contributed by atoms with Gasteiger partial charge in [0.15, 0.2) is 0 Å². The Labute approximate surface area is 87.8 Å². The van der Waals surface area contributed by atoms with E-state index in [0.29, 0.717) is 11.6 Å². The number of carbonyl (C=O) groups excluding carboxylic acids is 1. The maximum Gasteiger partial charge on any atom is 0.307 e. The van der Waals surface area contributed by atoms with Crippen molar-refractivity contribution in [2.24, 2.45) is 5.73 Å². The first kappa shape index (κ1) is 11.0. The Morgan fingerprint density at radius 3 is 2.57 bits per heavy atom. The number of carbonyl (C=O) groups is 1. The second kappa shape index (κ2) is 5.62. The smallest absolute Gasteiger partial charge is 0.307 e. The van der Waals surface area contributed by atoms with E-state index in [1.54, 1.807) is 12.1 Å². The van der Waals surface area contributed by atoms with Crippen molar-refractivity contribution in [3.8, 4) is 0 Å². The molecule has 0 unspecified atom stereocenters. The fraction of sp³-hybridized carbons (Fsp3) is 0.300. The van der Waals surface area contributed by atoms with Gasteiger partial charge < -0.3 is 10.5 Å². The summed E-state index contributed by atoms with van der Waals surface area (Å²) in [6, 6.07) is 7.15. The first-order valence-electron chi connectivity index (χ1n) is 4.32. The Balaban J connectivity index is 2.38. The lowest BCUT2D eigenvalue weighted by Gasteiger charge is -2.03. The number of hydrogen-bond donors (Lipinski definition) is 1. The zero-order valence-corrected chi connectivity index (χ0v) is 8.46. The highest BCUT2D eigenvalue weighted by atomic mass is 35.5. The first-order chi connectivity index (χ1) is 6.72. The standard InChI is InChI=1S/C10H12ClNO2/c11-9-3-1-8(2-4-9)7-14-10(13)5-6-12/h1-4H,5-7,12H2. The molecule has 0 amide bonds. The topological polar surface area (TPSA) is 52.3 Å². The molecule has 2 N–H and O–H groups in total. The van der Waals surface area contributed by atoms with Crippen molar-refractivity contribution in [1.29, 1.82) is 0 Å². The Morgan fingerprint density at radius 1 is 1.36 bits per heavy atom. The van der Waals surface area contributed by atoms with Gasteiger partial charge in [-0.15, -0.1) is 0 Å². The van der Waals surface area contributed by atoms with Gasteiger partial charge in [-0.05, 0) is 17.7 Å². The lowest BCUT2D eigenvalue weighted by molar-refractivity contribution is -0.144. The Bertz CT molecular complexity index is 297. The van der Waals surface area contributed by atoms with Gasteiger partial charge in [0.1, 0.15) is 6.61 Å². The van der Waals surface area contributed by atoms with E-state index in [9.17, 15) is 4.79 Å². The van der Waals surface area contributed by atoms with E-state index in [0.717, 1.165) is 5.56 Å². The molecule has 0 aliphatic rings. The van der Waals surface area contributed by atoms with Crippen LogP contribution in [0.3, 0.4) is 0 Å². The van der Waals surface area contributed by atoms with Crippen molar-refractivity contribution in [1.82, 2.24) is 0 Å². The highest BCUT2D eigenvalue weighted by molar-refractivity contribution is 6.30. The highest BCUT2D eigenvalue weighted by Gasteiger charge is 2.01. The van der Waals surface area contributed by atoms with Crippen molar-refractivity contribution in [2.45, 2.75) is 13.0 Å². The number of rotatable bonds is 4. The van der Waals surface area contributed by atoms with E-state index < -0.39 is 0 Å². The molecule has 0 bridgehead atoms. The molecular weight excluding hydrogens is 202 g/mol. The van der Waals surface area contributed by atoms with Gasteiger partial charge in [-0.1, -0.05) is 23.7 Å². The predicted octanol–water partition coefficient (Wildman–Crippen LogP) is 1.73. The molecule has 3 nitrogen and oxygen atoms in total. The van der Waals surface area contributed by atoms with Crippen molar-refractivity contribution in [2.75, 3.05) is 6.54 Å². The molecule has 4 heteroatoms. The summed E-state index contributed by atoms with van der Waals surface area (Å²) in [6.45, 7) is 0.593. The van der Waals surface area contributed by atoms with Crippen LogP contribution in [0.4, 0.5) is 0 Å². The number of benzene rings is 1. The number of halogens is 1. The van der Waals surface area contributed by atoms with Gasteiger partial charge >= 0.3 is 5.97 Å². The van der Waals surface area contributed by atoms with Gasteiger partial charge in [-0.25, -0.2) is 0 Å². The summed E-state index contributed by atoms with van der Waals surface area (Å²) in [6.07, 6.45) is 0.258. The van der Waals surface area contributed by atoms with Gasteiger partial charge in [0.2, 0.25) is 0 Å². The SMILES string of the molecule is NCCC(=O)OCc1ccc(Cl)cc1. The van der Waals surface area contributed by atoms with E-state index in [1.165, 1.54) is 0 Å². The molecule has 0 heterocycles. The molecule has 0 saturated carbocycles. The minimum absolute atomic E-state index is 0.258. The zero-order chi connectivity index (χ0) is 10.4. The average Bonchev–Trinajstić information content (AvgIpc) is 2.17. The van der Waals surface area contributed by atoms with Crippen LogP contribution in [-0.4, -0.2) is 12.5 Å². The average molecular weight is 214 g/mol. The van der Waals surface area contributed by atoms with Crippen LogP contribution in [0.15, 0.2) is 24.3 Å². The Kier molecular flexibility index (Phi) is 4.43.